The van der Waals surface area contributed by atoms with E-state index in [1.54, 1.807) is 0 Å². The summed E-state index contributed by atoms with van der Waals surface area (Å²) < 4.78 is 18.4. The van der Waals surface area contributed by atoms with E-state index < -0.39 is 0 Å². The Morgan fingerprint density at radius 2 is 1.83 bits per heavy atom. The van der Waals surface area contributed by atoms with Crippen LogP contribution < -0.4 is 19.9 Å². The average Bonchev–Trinajstić information content (AvgIpc) is 3.25. The zero-order valence-electron chi connectivity index (χ0n) is 21.0. The van der Waals surface area contributed by atoms with Crippen molar-refractivity contribution in [3.8, 4) is 11.5 Å². The second kappa shape index (κ2) is 10.6. The second-order valence-electron chi connectivity index (χ2n) is 10.3. The van der Waals surface area contributed by atoms with Crippen molar-refractivity contribution in [2.45, 2.75) is 51.0 Å². The molecule has 3 aliphatic heterocycles. The normalized spacial score (nSPS) is 22.1. The maximum atomic E-state index is 12.9. The highest BCUT2D eigenvalue weighted by Gasteiger charge is 2.28. The lowest BCUT2D eigenvalue weighted by molar-refractivity contribution is -0.114. The molecule has 188 valence electrons. The fraction of sp³-hybridized carbons (Fsp3) is 0.452. The lowest BCUT2D eigenvalue weighted by atomic mass is 9.91. The molecule has 0 bridgehead atoms. The van der Waals surface area contributed by atoms with E-state index in [0.29, 0.717) is 26.1 Å². The van der Waals surface area contributed by atoms with Crippen molar-refractivity contribution in [3.63, 3.8) is 0 Å². The van der Waals surface area contributed by atoms with Crippen molar-refractivity contribution in [3.05, 3.63) is 69.6 Å². The Kier molecular flexibility index (Phi) is 6.93. The molecule has 0 radical (unpaired) electrons. The third kappa shape index (κ3) is 5.00. The molecular weight excluding hydrogens is 450 g/mol. The summed E-state index contributed by atoms with van der Waals surface area (Å²) in [5.41, 5.74) is 4.35. The summed E-state index contributed by atoms with van der Waals surface area (Å²) in [4.78, 5) is 15.4. The number of hydrogen-bond acceptors (Lipinski definition) is 5. The third-order valence-corrected chi connectivity index (χ3v) is 7.88. The van der Waals surface area contributed by atoms with Gasteiger partial charge in [-0.3, -0.25) is 9.69 Å². The zero-order valence-corrected chi connectivity index (χ0v) is 21.0. The molecule has 5 nitrogen and oxygen atoms in total. The van der Waals surface area contributed by atoms with Gasteiger partial charge in [0.1, 0.15) is 18.1 Å². The van der Waals surface area contributed by atoms with Crippen LogP contribution in [0.15, 0.2) is 48.0 Å². The molecule has 0 saturated carbocycles. The van der Waals surface area contributed by atoms with Gasteiger partial charge >= 0.3 is 0 Å². The van der Waals surface area contributed by atoms with Gasteiger partial charge in [0.2, 0.25) is 0 Å². The molecule has 6 rings (SSSR count). The first-order valence-corrected chi connectivity index (χ1v) is 13.5. The Morgan fingerprint density at radius 1 is 1.00 bits per heavy atom. The van der Waals surface area contributed by atoms with E-state index in [9.17, 15) is 4.79 Å². The number of fused-ring (bicyclic) bond motifs is 4. The van der Waals surface area contributed by atoms with Gasteiger partial charge < -0.3 is 14.2 Å². The van der Waals surface area contributed by atoms with Crippen LogP contribution in [0.25, 0.3) is 11.6 Å². The van der Waals surface area contributed by atoms with Crippen LogP contribution in [0.3, 0.4) is 0 Å². The second-order valence-corrected chi connectivity index (χ2v) is 10.3. The molecule has 4 aliphatic rings. The molecule has 0 spiro atoms. The third-order valence-electron chi connectivity index (χ3n) is 7.88. The Labute approximate surface area is 213 Å². The first-order chi connectivity index (χ1) is 17.7. The van der Waals surface area contributed by atoms with Crippen LogP contribution in [-0.2, 0) is 16.0 Å². The van der Waals surface area contributed by atoms with Gasteiger partial charge in [-0.15, -0.1) is 0 Å². The van der Waals surface area contributed by atoms with Gasteiger partial charge in [-0.25, -0.2) is 0 Å². The maximum absolute atomic E-state index is 12.9. The molecule has 1 atom stereocenters. The summed E-state index contributed by atoms with van der Waals surface area (Å²) in [7, 11) is 0. The van der Waals surface area contributed by atoms with E-state index in [-0.39, 0.29) is 11.9 Å². The zero-order chi connectivity index (χ0) is 24.3. The van der Waals surface area contributed by atoms with E-state index >= 15 is 0 Å². The molecule has 0 N–H and O–H groups in total. The van der Waals surface area contributed by atoms with E-state index in [1.807, 2.05) is 18.2 Å². The van der Waals surface area contributed by atoms with Crippen LogP contribution in [0.4, 0.5) is 0 Å². The topological polar surface area (TPSA) is 48.0 Å². The van der Waals surface area contributed by atoms with E-state index in [4.69, 9.17) is 14.2 Å². The lowest BCUT2D eigenvalue weighted by Gasteiger charge is -2.28. The van der Waals surface area contributed by atoms with Gasteiger partial charge in [0, 0.05) is 36.6 Å². The first-order valence-electron chi connectivity index (χ1n) is 13.5. The monoisotopic (exact) mass is 485 g/mol. The van der Waals surface area contributed by atoms with Gasteiger partial charge in [0.25, 0.3) is 0 Å². The lowest BCUT2D eigenvalue weighted by Crippen LogP contribution is -2.29. The Bertz CT molecular complexity index is 1270. The SMILES string of the molecule is O=C1C=C2CC(c3ccc(OCCN4CCCCCC4)cc3)OCC2=c2ccc3c(c2C1)OCCC=3. The molecule has 36 heavy (non-hydrogen) atoms. The minimum Gasteiger partial charge on any atom is -0.492 e. The Balaban J connectivity index is 1.15. The maximum Gasteiger partial charge on any atom is 0.160 e. The molecule has 0 amide bonds. The number of ether oxygens (including phenoxy) is 3. The Morgan fingerprint density at radius 3 is 2.67 bits per heavy atom. The fourth-order valence-corrected chi connectivity index (χ4v) is 5.93. The number of hydrogen-bond donors (Lipinski definition) is 0. The molecule has 5 heteroatoms. The Hall–Kier alpha value is -2.89. The number of ketones is 1. The summed E-state index contributed by atoms with van der Waals surface area (Å²) in [5, 5.41) is 2.20. The van der Waals surface area contributed by atoms with E-state index in [1.165, 1.54) is 38.8 Å². The molecule has 2 aromatic rings. The minimum atomic E-state index is -0.0669. The molecule has 2 aromatic carbocycles. The van der Waals surface area contributed by atoms with Crippen LogP contribution in [-0.4, -0.2) is 50.1 Å². The van der Waals surface area contributed by atoms with Gasteiger partial charge in [0.05, 0.1) is 19.3 Å². The molecule has 0 aromatic heterocycles. The number of likely N-dealkylation sites (tertiary alicyclic amines) is 1. The van der Waals surface area contributed by atoms with Gasteiger partial charge in [0.15, 0.2) is 5.78 Å². The van der Waals surface area contributed by atoms with Crippen LogP contribution in [0.2, 0.25) is 0 Å². The average molecular weight is 486 g/mol. The highest BCUT2D eigenvalue weighted by molar-refractivity contribution is 5.96. The van der Waals surface area contributed by atoms with Crippen molar-refractivity contribution in [2.75, 3.05) is 39.5 Å². The van der Waals surface area contributed by atoms with Crippen molar-refractivity contribution >= 4 is 17.4 Å². The number of allylic oxidation sites excluding steroid dienone is 1. The highest BCUT2D eigenvalue weighted by atomic mass is 16.5. The molecule has 2 saturated heterocycles. The van der Waals surface area contributed by atoms with Crippen LogP contribution in [0, 0.1) is 0 Å². The van der Waals surface area contributed by atoms with Crippen LogP contribution in [0.1, 0.15) is 55.8 Å². The van der Waals surface area contributed by atoms with E-state index in [2.05, 4.69) is 35.2 Å². The number of carbonyl (C=O) groups is 1. The fourth-order valence-electron chi connectivity index (χ4n) is 5.93. The molecule has 1 unspecified atom stereocenters. The molecular formula is C31H35NO4. The number of rotatable bonds is 5. The van der Waals surface area contributed by atoms with Crippen molar-refractivity contribution < 1.29 is 19.0 Å². The number of benzene rings is 2. The van der Waals surface area contributed by atoms with Crippen LogP contribution >= 0.6 is 0 Å². The number of carbonyl (C=O) groups excluding carboxylic acids is 1. The molecule has 2 fully saturated rings. The minimum absolute atomic E-state index is 0.0669. The van der Waals surface area contributed by atoms with Gasteiger partial charge in [-0.1, -0.05) is 43.2 Å². The quantitative estimate of drug-likeness (QED) is 0.644. The predicted molar refractivity (Wildman–Crippen MR) is 141 cm³/mol. The molecule has 3 heterocycles. The molecule has 1 aliphatic carbocycles. The number of nitrogens with zero attached hydrogens (tertiary/aromatic N) is 1. The standard InChI is InChI=1S/C31H35NO4/c33-25-18-24-19-30(22-7-10-26(11-8-22)34-17-15-32-13-3-1-2-4-14-32)36-21-29(24)27-12-9-23-6-5-16-35-31(23)28(27)20-25/h6-12,18,30H,1-5,13-17,19-21H2. The van der Waals surface area contributed by atoms with Crippen molar-refractivity contribution in [2.24, 2.45) is 0 Å². The summed E-state index contributed by atoms with van der Waals surface area (Å²) >= 11 is 0. The largest absolute Gasteiger partial charge is 0.492 e. The summed E-state index contributed by atoms with van der Waals surface area (Å²) in [6, 6.07) is 12.5. The predicted octanol–water partition coefficient (Wildman–Crippen LogP) is 3.87. The summed E-state index contributed by atoms with van der Waals surface area (Å²) in [6.45, 7) is 5.25. The van der Waals surface area contributed by atoms with Crippen molar-refractivity contribution in [1.82, 2.24) is 4.90 Å². The summed E-state index contributed by atoms with van der Waals surface area (Å²) in [6.07, 6.45) is 11.3. The highest BCUT2D eigenvalue weighted by Crippen LogP contribution is 2.36. The van der Waals surface area contributed by atoms with Crippen molar-refractivity contribution in [1.29, 1.82) is 0 Å². The summed E-state index contributed by atoms with van der Waals surface area (Å²) in [5.74, 6) is 1.91. The van der Waals surface area contributed by atoms with E-state index in [0.717, 1.165) is 63.8 Å². The van der Waals surface area contributed by atoms with Gasteiger partial charge in [-0.2, -0.15) is 0 Å². The smallest absolute Gasteiger partial charge is 0.160 e. The van der Waals surface area contributed by atoms with Crippen LogP contribution in [0.5, 0.6) is 11.5 Å². The van der Waals surface area contributed by atoms with Gasteiger partial charge in [-0.05, 0) is 66.1 Å². The first kappa shape index (κ1) is 23.5.